The molecule has 0 spiro atoms. The lowest BCUT2D eigenvalue weighted by Gasteiger charge is -2.31. The molecule has 6 nitrogen and oxygen atoms in total. The van der Waals surface area contributed by atoms with Crippen LogP contribution in [0.15, 0.2) is 29.6 Å². The Morgan fingerprint density at radius 3 is 2.96 bits per heavy atom. The summed E-state index contributed by atoms with van der Waals surface area (Å²) in [7, 11) is 0. The van der Waals surface area contributed by atoms with Gasteiger partial charge in [0, 0.05) is 41.7 Å². The summed E-state index contributed by atoms with van der Waals surface area (Å²) >= 11 is 1.63. The maximum absolute atomic E-state index is 12.5. The number of nitrogens with one attached hydrogen (secondary N) is 2. The van der Waals surface area contributed by atoms with Gasteiger partial charge in [0.25, 0.3) is 0 Å². The number of likely N-dealkylation sites (tertiary alicyclic amines) is 1. The standard InChI is InChI=1S/C21H28N4O2S/c1-15-23-19(14-28-15)16-5-4-6-18(11-16)24-21(26)22-12-20(17-7-10-27-13-17)25-8-2-3-9-25/h4-6,11,14,17,20H,2-3,7-10,12-13H2,1H3,(H2,22,24,26)/t17-,20+/m0/s1. The van der Waals surface area contributed by atoms with E-state index in [2.05, 4.69) is 20.5 Å². The molecule has 2 N–H and O–H groups in total. The highest BCUT2D eigenvalue weighted by molar-refractivity contribution is 7.09. The summed E-state index contributed by atoms with van der Waals surface area (Å²) in [5.41, 5.74) is 2.74. The van der Waals surface area contributed by atoms with Gasteiger partial charge in [-0.2, -0.15) is 0 Å². The van der Waals surface area contributed by atoms with Crippen LogP contribution in [0.25, 0.3) is 11.3 Å². The highest BCUT2D eigenvalue weighted by Gasteiger charge is 2.32. The molecule has 2 aliphatic rings. The Hall–Kier alpha value is -1.96. The van der Waals surface area contributed by atoms with Crippen molar-refractivity contribution >= 4 is 23.1 Å². The van der Waals surface area contributed by atoms with Gasteiger partial charge in [0.15, 0.2) is 0 Å². The van der Waals surface area contributed by atoms with Crippen LogP contribution in [0.1, 0.15) is 24.3 Å². The molecule has 1 aromatic carbocycles. The predicted octanol–water partition coefficient (Wildman–Crippen LogP) is 3.74. The zero-order valence-electron chi connectivity index (χ0n) is 16.3. The summed E-state index contributed by atoms with van der Waals surface area (Å²) in [4.78, 5) is 19.6. The molecule has 0 aliphatic carbocycles. The van der Waals surface area contributed by atoms with Gasteiger partial charge in [-0.3, -0.25) is 4.90 Å². The first-order chi connectivity index (χ1) is 13.7. The second-order valence-corrected chi connectivity index (χ2v) is 8.66. The van der Waals surface area contributed by atoms with Gasteiger partial charge >= 0.3 is 6.03 Å². The molecule has 3 heterocycles. The molecule has 0 unspecified atom stereocenters. The minimum atomic E-state index is -0.158. The molecule has 28 heavy (non-hydrogen) atoms. The quantitative estimate of drug-likeness (QED) is 0.775. The number of aromatic nitrogens is 1. The molecule has 1 aromatic heterocycles. The van der Waals surface area contributed by atoms with E-state index in [0.29, 0.717) is 18.5 Å². The van der Waals surface area contributed by atoms with Crippen molar-refractivity contribution in [3.05, 3.63) is 34.7 Å². The number of amides is 2. The average molecular weight is 401 g/mol. The molecule has 0 saturated carbocycles. The lowest BCUT2D eigenvalue weighted by atomic mass is 9.97. The largest absolute Gasteiger partial charge is 0.381 e. The third kappa shape index (κ3) is 4.71. The van der Waals surface area contributed by atoms with Crippen molar-refractivity contribution < 1.29 is 9.53 Å². The number of carbonyl (C=O) groups is 1. The summed E-state index contributed by atoms with van der Waals surface area (Å²) in [5.74, 6) is 0.509. The number of nitrogens with zero attached hydrogens (tertiary/aromatic N) is 2. The summed E-state index contributed by atoms with van der Waals surface area (Å²) < 4.78 is 5.60. The van der Waals surface area contributed by atoms with Gasteiger partial charge in [0.1, 0.15) is 0 Å². The highest BCUT2D eigenvalue weighted by atomic mass is 32.1. The topological polar surface area (TPSA) is 66.5 Å². The smallest absolute Gasteiger partial charge is 0.319 e. The number of carbonyl (C=O) groups excluding carboxylic acids is 1. The number of aryl methyl sites for hydroxylation is 1. The lowest BCUT2D eigenvalue weighted by molar-refractivity contribution is 0.135. The molecular weight excluding hydrogens is 372 g/mol. The fourth-order valence-corrected chi connectivity index (χ4v) is 4.77. The Morgan fingerprint density at radius 1 is 1.39 bits per heavy atom. The van der Waals surface area contributed by atoms with Gasteiger partial charge in [-0.1, -0.05) is 12.1 Å². The molecule has 2 atom stereocenters. The first-order valence-electron chi connectivity index (χ1n) is 10.1. The second-order valence-electron chi connectivity index (χ2n) is 7.60. The van der Waals surface area contributed by atoms with E-state index in [0.717, 1.165) is 54.7 Å². The molecule has 2 aromatic rings. The van der Waals surface area contributed by atoms with E-state index in [1.807, 2.05) is 36.6 Å². The number of rotatable bonds is 6. The maximum Gasteiger partial charge on any atom is 0.319 e. The van der Waals surface area contributed by atoms with Crippen molar-refractivity contribution in [1.29, 1.82) is 0 Å². The number of anilines is 1. The summed E-state index contributed by atoms with van der Waals surface area (Å²) in [6.45, 7) is 6.55. The highest BCUT2D eigenvalue weighted by Crippen LogP contribution is 2.25. The van der Waals surface area contributed by atoms with E-state index >= 15 is 0 Å². The summed E-state index contributed by atoms with van der Waals surface area (Å²) in [6.07, 6.45) is 3.58. The molecule has 2 amide bonds. The SMILES string of the molecule is Cc1nc(-c2cccc(NC(=O)NC[C@H]([C@H]3CCOC3)N3CCCC3)c2)cs1. The van der Waals surface area contributed by atoms with Crippen LogP contribution in [0.4, 0.5) is 10.5 Å². The van der Waals surface area contributed by atoms with E-state index in [-0.39, 0.29) is 6.03 Å². The van der Waals surface area contributed by atoms with Crippen molar-refractivity contribution in [3.8, 4) is 11.3 Å². The molecule has 0 bridgehead atoms. The van der Waals surface area contributed by atoms with E-state index in [9.17, 15) is 4.79 Å². The first-order valence-corrected chi connectivity index (χ1v) is 11.0. The fourth-order valence-electron chi connectivity index (χ4n) is 4.15. The lowest BCUT2D eigenvalue weighted by Crippen LogP contribution is -2.48. The second kappa shape index (κ2) is 9.03. The number of urea groups is 1. The van der Waals surface area contributed by atoms with Gasteiger partial charge < -0.3 is 15.4 Å². The Labute approximate surface area is 170 Å². The van der Waals surface area contributed by atoms with Gasteiger partial charge in [-0.05, 0) is 51.4 Å². The van der Waals surface area contributed by atoms with Crippen LogP contribution in [0.5, 0.6) is 0 Å². The van der Waals surface area contributed by atoms with Gasteiger partial charge in [0.2, 0.25) is 0 Å². The van der Waals surface area contributed by atoms with Crippen LogP contribution in [0, 0.1) is 12.8 Å². The molecule has 0 radical (unpaired) electrons. The van der Waals surface area contributed by atoms with Gasteiger partial charge in [-0.15, -0.1) is 11.3 Å². The van der Waals surface area contributed by atoms with Crippen LogP contribution >= 0.6 is 11.3 Å². The molecule has 2 fully saturated rings. The Kier molecular flexibility index (Phi) is 6.24. The molecule has 7 heteroatoms. The van der Waals surface area contributed by atoms with Crippen LogP contribution in [-0.4, -0.2) is 54.8 Å². The van der Waals surface area contributed by atoms with Gasteiger partial charge in [-0.25, -0.2) is 9.78 Å². The Bertz CT molecular complexity index is 781. The normalized spacial score (nSPS) is 21.0. The minimum absolute atomic E-state index is 0.158. The van der Waals surface area contributed by atoms with Crippen molar-refractivity contribution in [3.63, 3.8) is 0 Å². The van der Waals surface area contributed by atoms with E-state index in [1.165, 1.54) is 12.8 Å². The van der Waals surface area contributed by atoms with Crippen molar-refractivity contribution in [2.75, 3.05) is 38.2 Å². The first kappa shape index (κ1) is 19.4. The zero-order chi connectivity index (χ0) is 19.3. The third-order valence-corrected chi connectivity index (χ3v) is 6.40. The predicted molar refractivity (Wildman–Crippen MR) is 113 cm³/mol. The Balaban J connectivity index is 1.35. The van der Waals surface area contributed by atoms with Gasteiger partial charge in [0.05, 0.1) is 17.3 Å². The molecular formula is C21H28N4O2S. The van der Waals surface area contributed by atoms with Crippen LogP contribution in [0.3, 0.4) is 0 Å². The van der Waals surface area contributed by atoms with Crippen LogP contribution in [0.2, 0.25) is 0 Å². The molecule has 150 valence electrons. The Morgan fingerprint density at radius 2 is 2.25 bits per heavy atom. The number of thiazole rings is 1. The molecule has 2 saturated heterocycles. The van der Waals surface area contributed by atoms with Crippen molar-refractivity contribution in [2.24, 2.45) is 5.92 Å². The minimum Gasteiger partial charge on any atom is -0.381 e. The van der Waals surface area contributed by atoms with Crippen molar-refractivity contribution in [1.82, 2.24) is 15.2 Å². The number of ether oxygens (including phenoxy) is 1. The van der Waals surface area contributed by atoms with E-state index < -0.39 is 0 Å². The number of benzene rings is 1. The average Bonchev–Trinajstić information content (AvgIpc) is 3.45. The van der Waals surface area contributed by atoms with E-state index in [4.69, 9.17) is 4.74 Å². The molecule has 2 aliphatic heterocycles. The van der Waals surface area contributed by atoms with Crippen LogP contribution in [-0.2, 0) is 4.74 Å². The summed E-state index contributed by atoms with van der Waals surface area (Å²) in [5, 5.41) is 9.14. The molecule has 4 rings (SSSR count). The fraction of sp³-hybridized carbons (Fsp3) is 0.524. The van der Waals surface area contributed by atoms with E-state index in [1.54, 1.807) is 11.3 Å². The van der Waals surface area contributed by atoms with Crippen molar-refractivity contribution in [2.45, 2.75) is 32.2 Å². The van der Waals surface area contributed by atoms with Crippen LogP contribution < -0.4 is 10.6 Å². The monoisotopic (exact) mass is 400 g/mol. The summed E-state index contributed by atoms with van der Waals surface area (Å²) in [6, 6.07) is 8.04. The maximum atomic E-state index is 12.5. The zero-order valence-corrected chi connectivity index (χ0v) is 17.1. The number of hydrogen-bond acceptors (Lipinski definition) is 5. The third-order valence-electron chi connectivity index (χ3n) is 5.63. The number of hydrogen-bond donors (Lipinski definition) is 2.